The van der Waals surface area contributed by atoms with Crippen LogP contribution in [0.2, 0.25) is 0 Å². The molecule has 4 nitrogen and oxygen atoms in total. The summed E-state index contributed by atoms with van der Waals surface area (Å²) in [6.45, 7) is 6.03. The lowest BCUT2D eigenvalue weighted by atomic mass is 9.98. The van der Waals surface area contributed by atoms with Gasteiger partial charge in [0.2, 0.25) is 0 Å². The van der Waals surface area contributed by atoms with Crippen LogP contribution >= 0.6 is 0 Å². The van der Waals surface area contributed by atoms with E-state index in [0.29, 0.717) is 18.0 Å². The molecule has 18 heavy (non-hydrogen) atoms. The lowest BCUT2D eigenvalue weighted by Gasteiger charge is -2.47. The Labute approximate surface area is 110 Å². The van der Waals surface area contributed by atoms with E-state index in [-0.39, 0.29) is 18.7 Å². The Bertz CT molecular complexity index is 295. The third-order valence-electron chi connectivity index (χ3n) is 5.21. The summed E-state index contributed by atoms with van der Waals surface area (Å²) in [5.74, 6) is 0.663. The van der Waals surface area contributed by atoms with Gasteiger partial charge in [0.1, 0.15) is 0 Å². The van der Waals surface area contributed by atoms with E-state index >= 15 is 0 Å². The van der Waals surface area contributed by atoms with E-state index in [1.807, 2.05) is 0 Å². The molecule has 2 saturated heterocycles. The lowest BCUT2D eigenvalue weighted by molar-refractivity contribution is -0.00269. The zero-order valence-electron chi connectivity index (χ0n) is 11.5. The van der Waals surface area contributed by atoms with Crippen LogP contribution < -0.4 is 5.73 Å². The van der Waals surface area contributed by atoms with Crippen molar-refractivity contribution in [3.05, 3.63) is 0 Å². The Morgan fingerprint density at radius 2 is 2.06 bits per heavy atom. The first-order valence-corrected chi connectivity index (χ1v) is 7.57. The van der Waals surface area contributed by atoms with Gasteiger partial charge in [0.05, 0.1) is 6.61 Å². The molecule has 4 heteroatoms. The average molecular weight is 253 g/mol. The number of hydrogen-bond acceptors (Lipinski definition) is 4. The van der Waals surface area contributed by atoms with Crippen LogP contribution in [-0.4, -0.2) is 65.3 Å². The van der Waals surface area contributed by atoms with Crippen LogP contribution in [0.1, 0.15) is 32.6 Å². The Hall–Kier alpha value is -0.160. The van der Waals surface area contributed by atoms with Crippen LogP contribution in [0.4, 0.5) is 0 Å². The van der Waals surface area contributed by atoms with Crippen molar-refractivity contribution in [3.63, 3.8) is 0 Å². The molecule has 3 aliphatic rings. The van der Waals surface area contributed by atoms with Gasteiger partial charge in [-0.3, -0.25) is 9.80 Å². The number of fused-ring (bicyclic) bond motifs is 1. The van der Waals surface area contributed by atoms with Crippen molar-refractivity contribution in [1.29, 1.82) is 0 Å². The molecule has 2 heterocycles. The third kappa shape index (κ3) is 2.31. The first-order chi connectivity index (χ1) is 8.70. The molecule has 0 aromatic carbocycles. The number of piperazine rings is 1. The number of nitrogens with two attached hydrogens (primary N) is 1. The number of rotatable bonds is 4. The quantitative estimate of drug-likeness (QED) is 0.754. The van der Waals surface area contributed by atoms with Gasteiger partial charge < -0.3 is 10.8 Å². The summed E-state index contributed by atoms with van der Waals surface area (Å²) in [6.07, 6.45) is 5.18. The summed E-state index contributed by atoms with van der Waals surface area (Å²) in [6, 6.07) is 1.59. The maximum absolute atomic E-state index is 9.75. The van der Waals surface area contributed by atoms with Gasteiger partial charge in [-0.05, 0) is 45.1 Å². The van der Waals surface area contributed by atoms with Gasteiger partial charge in [-0.15, -0.1) is 0 Å². The Kier molecular flexibility index (Phi) is 3.63. The second-order valence-corrected chi connectivity index (χ2v) is 6.50. The fourth-order valence-electron chi connectivity index (χ4n) is 3.92. The van der Waals surface area contributed by atoms with Crippen LogP contribution in [0.5, 0.6) is 0 Å². The zero-order chi connectivity index (χ0) is 12.7. The fourth-order valence-corrected chi connectivity index (χ4v) is 3.92. The molecule has 4 unspecified atom stereocenters. The minimum atomic E-state index is 0.172. The van der Waals surface area contributed by atoms with Gasteiger partial charge in [-0.25, -0.2) is 0 Å². The molecular formula is C14H27N3O. The van der Waals surface area contributed by atoms with Crippen molar-refractivity contribution in [2.24, 2.45) is 11.7 Å². The average Bonchev–Trinajstić information content (AvgIpc) is 3.11. The monoisotopic (exact) mass is 253 g/mol. The molecule has 3 N–H and O–H groups in total. The second kappa shape index (κ2) is 5.08. The van der Waals surface area contributed by atoms with Crippen molar-refractivity contribution >= 4 is 0 Å². The van der Waals surface area contributed by atoms with Crippen molar-refractivity contribution in [1.82, 2.24) is 9.80 Å². The van der Waals surface area contributed by atoms with Crippen molar-refractivity contribution in [3.8, 4) is 0 Å². The smallest absolute Gasteiger partial charge is 0.0602 e. The van der Waals surface area contributed by atoms with Gasteiger partial charge in [-0.1, -0.05) is 0 Å². The van der Waals surface area contributed by atoms with Crippen molar-refractivity contribution < 1.29 is 5.11 Å². The molecule has 0 amide bonds. The summed E-state index contributed by atoms with van der Waals surface area (Å²) >= 11 is 0. The maximum Gasteiger partial charge on any atom is 0.0602 e. The Morgan fingerprint density at radius 3 is 2.72 bits per heavy atom. The summed E-state index contributed by atoms with van der Waals surface area (Å²) < 4.78 is 0. The lowest BCUT2D eigenvalue weighted by Crippen LogP contribution is -2.63. The molecule has 104 valence electrons. The SMILES string of the molecule is CC1CN2CCCC2CN1C(CO)C(N)C1CC1. The van der Waals surface area contributed by atoms with E-state index < -0.39 is 0 Å². The Balaban J connectivity index is 1.68. The van der Waals surface area contributed by atoms with E-state index in [2.05, 4.69) is 16.7 Å². The highest BCUT2D eigenvalue weighted by atomic mass is 16.3. The number of aliphatic hydroxyl groups excluding tert-OH is 1. The van der Waals surface area contributed by atoms with Crippen LogP contribution in [0.3, 0.4) is 0 Å². The molecule has 3 fully saturated rings. The van der Waals surface area contributed by atoms with E-state index in [9.17, 15) is 5.11 Å². The molecule has 1 saturated carbocycles. The molecule has 0 radical (unpaired) electrons. The zero-order valence-corrected chi connectivity index (χ0v) is 11.5. The summed E-state index contributed by atoms with van der Waals surface area (Å²) in [7, 11) is 0. The van der Waals surface area contributed by atoms with Crippen LogP contribution in [0, 0.1) is 5.92 Å². The van der Waals surface area contributed by atoms with Crippen molar-refractivity contribution in [2.75, 3.05) is 26.2 Å². The summed E-state index contributed by atoms with van der Waals surface area (Å²) in [5.41, 5.74) is 6.35. The first-order valence-electron chi connectivity index (χ1n) is 7.57. The molecule has 0 aromatic heterocycles. The van der Waals surface area contributed by atoms with E-state index in [1.165, 1.54) is 32.2 Å². The minimum absolute atomic E-state index is 0.172. The first kappa shape index (κ1) is 12.9. The number of aliphatic hydroxyl groups is 1. The molecule has 3 rings (SSSR count). The van der Waals surface area contributed by atoms with Gasteiger partial charge in [0.25, 0.3) is 0 Å². The molecule has 4 atom stereocenters. The maximum atomic E-state index is 9.75. The number of hydrogen-bond donors (Lipinski definition) is 2. The van der Waals surface area contributed by atoms with Gasteiger partial charge in [0, 0.05) is 37.3 Å². The highest BCUT2D eigenvalue weighted by molar-refractivity contribution is 4.99. The predicted octanol–water partition coefficient (Wildman–Crippen LogP) is 0.253. The molecule has 0 bridgehead atoms. The molecular weight excluding hydrogens is 226 g/mol. The highest BCUT2D eigenvalue weighted by Gasteiger charge is 2.42. The highest BCUT2D eigenvalue weighted by Crippen LogP contribution is 2.35. The number of nitrogens with zero attached hydrogens (tertiary/aromatic N) is 2. The van der Waals surface area contributed by atoms with Crippen LogP contribution in [0.25, 0.3) is 0 Å². The summed E-state index contributed by atoms with van der Waals surface area (Å²) in [4.78, 5) is 5.12. The van der Waals surface area contributed by atoms with Crippen LogP contribution in [-0.2, 0) is 0 Å². The van der Waals surface area contributed by atoms with E-state index in [1.54, 1.807) is 0 Å². The molecule has 1 aliphatic carbocycles. The minimum Gasteiger partial charge on any atom is -0.395 e. The van der Waals surface area contributed by atoms with E-state index in [4.69, 9.17) is 5.73 Å². The standard InChI is InChI=1S/C14H27N3O/c1-10-7-16-6-2-3-12(16)8-17(10)13(9-18)14(15)11-4-5-11/h10-14,18H,2-9,15H2,1H3. The second-order valence-electron chi connectivity index (χ2n) is 6.50. The molecule has 0 aromatic rings. The Morgan fingerprint density at radius 1 is 1.28 bits per heavy atom. The normalized spacial score (nSPS) is 37.5. The third-order valence-corrected chi connectivity index (χ3v) is 5.21. The molecule has 0 spiro atoms. The predicted molar refractivity (Wildman–Crippen MR) is 72.3 cm³/mol. The topological polar surface area (TPSA) is 52.7 Å². The fraction of sp³-hybridized carbons (Fsp3) is 1.00. The van der Waals surface area contributed by atoms with Crippen molar-refractivity contribution in [2.45, 2.75) is 56.8 Å². The summed E-state index contributed by atoms with van der Waals surface area (Å²) in [5, 5.41) is 9.75. The van der Waals surface area contributed by atoms with Crippen LogP contribution in [0.15, 0.2) is 0 Å². The van der Waals surface area contributed by atoms with Gasteiger partial charge >= 0.3 is 0 Å². The van der Waals surface area contributed by atoms with Gasteiger partial charge in [-0.2, -0.15) is 0 Å². The molecule has 2 aliphatic heterocycles. The largest absolute Gasteiger partial charge is 0.395 e. The van der Waals surface area contributed by atoms with E-state index in [0.717, 1.165) is 13.1 Å². The van der Waals surface area contributed by atoms with Gasteiger partial charge in [0.15, 0.2) is 0 Å².